The molecule has 13 heteroatoms. The predicted octanol–water partition coefficient (Wildman–Crippen LogP) is 2.49. The van der Waals surface area contributed by atoms with Gasteiger partial charge in [-0.25, -0.2) is 0 Å². The van der Waals surface area contributed by atoms with Crippen molar-refractivity contribution >= 4 is 5.97 Å². The average molecular weight is 767 g/mol. The smallest absolute Gasteiger partial charge is 0.310 e. The molecule has 0 radical (unpaired) electrons. The van der Waals surface area contributed by atoms with Gasteiger partial charge in [-0.1, -0.05) is 53.2 Å². The highest BCUT2D eigenvalue weighted by Crippen LogP contribution is 2.76. The van der Waals surface area contributed by atoms with Crippen LogP contribution in [-0.2, 0) is 23.7 Å². The van der Waals surface area contributed by atoms with Crippen molar-refractivity contribution in [3.8, 4) is 0 Å². The van der Waals surface area contributed by atoms with Crippen LogP contribution in [0.5, 0.6) is 0 Å². The molecule has 54 heavy (non-hydrogen) atoms. The Bertz CT molecular complexity index is 1450. The van der Waals surface area contributed by atoms with Crippen LogP contribution in [0.3, 0.4) is 0 Å². The van der Waals surface area contributed by atoms with E-state index >= 15 is 0 Å². The lowest BCUT2D eigenvalue weighted by molar-refractivity contribution is -0.368. The first-order chi connectivity index (χ1) is 25.2. The van der Waals surface area contributed by atoms with Gasteiger partial charge in [-0.2, -0.15) is 0 Å². The molecule has 18 atom stereocenters. The zero-order chi connectivity index (χ0) is 39.4. The Hall–Kier alpha value is -1.23. The first-order valence-electron chi connectivity index (χ1n) is 20.4. The number of rotatable bonds is 7. The molecule has 0 unspecified atom stereocenters. The Labute approximate surface area is 319 Å². The van der Waals surface area contributed by atoms with Crippen LogP contribution in [0.1, 0.15) is 106 Å². The zero-order valence-corrected chi connectivity index (χ0v) is 32.9. The van der Waals surface area contributed by atoms with Crippen LogP contribution in [0.4, 0.5) is 0 Å². The quantitative estimate of drug-likeness (QED) is 0.138. The maximum absolute atomic E-state index is 13.0. The number of aliphatic hydroxyl groups is 7. The third-order valence-corrected chi connectivity index (χ3v) is 17.0. The molecule has 2 heterocycles. The van der Waals surface area contributed by atoms with Gasteiger partial charge in [0.25, 0.3) is 0 Å². The van der Waals surface area contributed by atoms with Crippen molar-refractivity contribution < 1.29 is 64.6 Å². The second-order valence-corrected chi connectivity index (χ2v) is 20.1. The van der Waals surface area contributed by atoms with Crippen LogP contribution in [0, 0.1) is 50.2 Å². The fraction of sp³-hybridized carbons (Fsp3) is 0.927. The van der Waals surface area contributed by atoms with Gasteiger partial charge < -0.3 is 59.8 Å². The summed E-state index contributed by atoms with van der Waals surface area (Å²) in [6.07, 6.45) is -3.32. The van der Waals surface area contributed by atoms with Gasteiger partial charge in [0.2, 0.25) is 0 Å². The van der Waals surface area contributed by atoms with Gasteiger partial charge >= 0.3 is 5.97 Å². The molecule has 2 aliphatic heterocycles. The van der Waals surface area contributed by atoms with E-state index in [2.05, 4.69) is 47.6 Å². The second kappa shape index (κ2) is 14.0. The summed E-state index contributed by atoms with van der Waals surface area (Å²) in [5.74, 6) is -0.265. The molecule has 7 rings (SSSR count). The molecule has 7 aliphatic rings. The highest BCUT2D eigenvalue weighted by molar-refractivity contribution is 5.76. The van der Waals surface area contributed by atoms with Crippen LogP contribution in [0.15, 0.2) is 11.6 Å². The van der Waals surface area contributed by atoms with Gasteiger partial charge in [0.05, 0.1) is 31.3 Å². The van der Waals surface area contributed by atoms with Crippen molar-refractivity contribution in [2.45, 2.75) is 167 Å². The third-order valence-electron chi connectivity index (χ3n) is 17.0. The minimum atomic E-state index is -1.73. The van der Waals surface area contributed by atoms with Crippen molar-refractivity contribution in [3.63, 3.8) is 0 Å². The molecular weight excluding hydrogens is 700 g/mol. The van der Waals surface area contributed by atoms with E-state index in [4.69, 9.17) is 18.9 Å². The molecule has 308 valence electrons. The monoisotopic (exact) mass is 766 g/mol. The van der Waals surface area contributed by atoms with Crippen LogP contribution >= 0.6 is 0 Å². The number of ether oxygens (including phenoxy) is 4. The summed E-state index contributed by atoms with van der Waals surface area (Å²) in [5, 5.41) is 84.7. The molecule has 8 N–H and O–H groups in total. The lowest BCUT2D eigenvalue weighted by Crippen LogP contribution is -2.67. The number of aliphatic carboxylic acids is 1. The molecule has 6 fully saturated rings. The second-order valence-electron chi connectivity index (χ2n) is 20.1. The fourth-order valence-corrected chi connectivity index (χ4v) is 13.4. The number of hydrogen-bond donors (Lipinski definition) is 8. The van der Waals surface area contributed by atoms with Crippen LogP contribution in [0.25, 0.3) is 0 Å². The molecule has 0 aromatic rings. The molecule has 13 nitrogen and oxygen atoms in total. The number of allylic oxidation sites excluding steroid dienone is 2. The minimum Gasteiger partial charge on any atom is -0.481 e. The summed E-state index contributed by atoms with van der Waals surface area (Å²) in [5.41, 5.74) is -0.367. The summed E-state index contributed by atoms with van der Waals surface area (Å²) in [6, 6.07) is 0. The van der Waals surface area contributed by atoms with E-state index in [0.29, 0.717) is 18.8 Å². The summed E-state index contributed by atoms with van der Waals surface area (Å²) < 4.78 is 24.1. The van der Waals surface area contributed by atoms with E-state index < -0.39 is 84.8 Å². The van der Waals surface area contributed by atoms with Crippen molar-refractivity contribution in [1.82, 2.24) is 0 Å². The Morgan fingerprint density at radius 1 is 0.815 bits per heavy atom. The molecular formula is C41H66O13. The van der Waals surface area contributed by atoms with E-state index in [0.717, 1.165) is 51.4 Å². The van der Waals surface area contributed by atoms with E-state index in [1.807, 2.05) is 0 Å². The summed E-state index contributed by atoms with van der Waals surface area (Å²) in [4.78, 5) is 13.0. The van der Waals surface area contributed by atoms with Crippen LogP contribution in [0.2, 0.25) is 0 Å². The molecule has 5 aliphatic carbocycles. The van der Waals surface area contributed by atoms with Gasteiger partial charge in [-0.15, -0.1) is 0 Å². The maximum Gasteiger partial charge on any atom is 0.310 e. The number of fused-ring (bicyclic) bond motifs is 7. The van der Waals surface area contributed by atoms with E-state index in [-0.39, 0.29) is 46.7 Å². The van der Waals surface area contributed by atoms with Gasteiger partial charge in [0.15, 0.2) is 12.6 Å². The Morgan fingerprint density at radius 3 is 2.19 bits per heavy atom. The molecule has 0 spiro atoms. The average Bonchev–Trinajstić information content (AvgIpc) is 3.12. The summed E-state index contributed by atoms with van der Waals surface area (Å²) >= 11 is 0. The van der Waals surface area contributed by atoms with Crippen molar-refractivity contribution in [2.75, 3.05) is 19.8 Å². The first-order valence-corrected chi connectivity index (χ1v) is 20.4. The number of carboxylic acids is 1. The Morgan fingerprint density at radius 2 is 1.52 bits per heavy atom. The molecule has 4 saturated carbocycles. The van der Waals surface area contributed by atoms with Gasteiger partial charge in [0, 0.05) is 5.41 Å². The van der Waals surface area contributed by atoms with Crippen LogP contribution < -0.4 is 0 Å². The van der Waals surface area contributed by atoms with Crippen molar-refractivity contribution in [3.05, 3.63) is 11.6 Å². The normalized spacial score (nSPS) is 54.3. The van der Waals surface area contributed by atoms with Gasteiger partial charge in [-0.05, 0) is 104 Å². The number of carbonyl (C=O) groups is 1. The first kappa shape index (κ1) is 40.9. The predicted molar refractivity (Wildman–Crippen MR) is 193 cm³/mol. The molecule has 0 aromatic heterocycles. The molecule has 2 saturated heterocycles. The molecule has 0 bridgehead atoms. The lowest BCUT2D eigenvalue weighted by atomic mass is 9.33. The minimum absolute atomic E-state index is 0.0233. The number of aliphatic hydroxyl groups excluding tert-OH is 7. The largest absolute Gasteiger partial charge is 0.481 e. The van der Waals surface area contributed by atoms with Gasteiger partial charge in [-0.3, -0.25) is 4.79 Å². The van der Waals surface area contributed by atoms with E-state index in [1.165, 1.54) is 5.57 Å². The molecule has 0 aromatic carbocycles. The van der Waals surface area contributed by atoms with E-state index in [1.54, 1.807) is 0 Å². The van der Waals surface area contributed by atoms with Crippen molar-refractivity contribution in [2.24, 2.45) is 50.2 Å². The molecule has 0 amide bonds. The SMILES string of the molecule is CC1(C)CC[C@@]2(C(=O)O)CC[C@]3(C)C(=CC[C@@H]4[C@@]5(C)CC[C@@H](O[C@@H]6OC[C@H](O)[C@H](O)[C@H]6O[C@@H]6O[C@H](CO)[C@@H](O)[C@H](O)[C@H]6O)[C@](C)(CO)[C@@H]5CC[C@]43C)[C@H]2C1. The van der Waals surface area contributed by atoms with E-state index in [9.17, 15) is 45.6 Å². The zero-order valence-electron chi connectivity index (χ0n) is 32.9. The summed E-state index contributed by atoms with van der Waals surface area (Å²) in [7, 11) is 0. The third kappa shape index (κ3) is 5.92. The van der Waals surface area contributed by atoms with Crippen LogP contribution in [-0.4, -0.2) is 128 Å². The fourth-order valence-electron chi connectivity index (χ4n) is 13.4. The highest BCUT2D eigenvalue weighted by Gasteiger charge is 2.70. The summed E-state index contributed by atoms with van der Waals surface area (Å²) in [6.45, 7) is 12.8. The topological polar surface area (TPSA) is 216 Å². The maximum atomic E-state index is 13.0. The number of carboxylic acid groups (broad SMARTS) is 1. The Balaban J connectivity index is 1.15. The van der Waals surface area contributed by atoms with Gasteiger partial charge in [0.1, 0.15) is 42.7 Å². The Kier molecular flexibility index (Phi) is 10.6. The van der Waals surface area contributed by atoms with Crippen molar-refractivity contribution in [1.29, 1.82) is 0 Å². The lowest BCUT2D eigenvalue weighted by Gasteiger charge is -2.71. The highest BCUT2D eigenvalue weighted by atomic mass is 16.8. The standard InChI is InChI=1S/C41H66O13/c1-36(2)13-15-41(35(49)50)16-14-39(5)21(22(41)17-36)7-8-26-37(3)11-10-27(38(4,20-43)25(37)9-12-40(26,39)6)53-34-32(28(45)23(44)19-51-34)54-33-31(48)30(47)29(46)24(18-42)52-33/h7,22-34,42-48H,8-20H2,1-6H3,(H,49,50)/t22-,23+,24-,25-,26-,27-,28+,29-,30+,31-,32-,33+,34+,37+,38-,39-,40-,41-/m1/s1. The number of hydrogen-bond acceptors (Lipinski definition) is 12.